The Hall–Kier alpha value is -1.64. The Morgan fingerprint density at radius 3 is 3.09 bits per heavy atom. The van der Waals surface area contributed by atoms with E-state index in [0.717, 1.165) is 11.3 Å². The molecule has 0 fully saturated rings. The number of hydrogen-bond donors (Lipinski definition) is 0. The van der Waals surface area contributed by atoms with Gasteiger partial charge in [-0.25, -0.2) is 4.98 Å². The first-order valence-electron chi connectivity index (χ1n) is 3.17. The van der Waals surface area contributed by atoms with Crippen molar-refractivity contribution in [3.8, 4) is 11.3 Å². The maximum Gasteiger partial charge on any atom is 0.181 e. The Labute approximate surface area is 63.7 Å². The van der Waals surface area contributed by atoms with Crippen molar-refractivity contribution < 1.29 is 4.42 Å². The summed E-state index contributed by atoms with van der Waals surface area (Å²) in [7, 11) is 0. The van der Waals surface area contributed by atoms with Gasteiger partial charge in [-0.3, -0.25) is 4.98 Å². The monoisotopic (exact) mass is 145 g/mol. The third-order valence-corrected chi connectivity index (χ3v) is 1.35. The highest BCUT2D eigenvalue weighted by Gasteiger charge is 1.97. The number of nitrogens with zero attached hydrogens (tertiary/aromatic N) is 2. The molecule has 0 saturated heterocycles. The molecular formula is C8H5N2O. The Balaban J connectivity index is 2.46. The fourth-order valence-electron chi connectivity index (χ4n) is 0.830. The maximum absolute atomic E-state index is 4.82. The molecule has 0 bridgehead atoms. The van der Waals surface area contributed by atoms with Gasteiger partial charge in [0.05, 0.1) is 6.20 Å². The van der Waals surface area contributed by atoms with Gasteiger partial charge in [-0.1, -0.05) is 0 Å². The zero-order valence-corrected chi connectivity index (χ0v) is 5.69. The summed E-state index contributed by atoms with van der Waals surface area (Å²) in [6, 6.07) is 3.62. The second-order valence-corrected chi connectivity index (χ2v) is 2.05. The zero-order chi connectivity index (χ0) is 7.52. The molecule has 0 aromatic carbocycles. The lowest BCUT2D eigenvalue weighted by Gasteiger charge is -1.90. The molecule has 2 aromatic heterocycles. The van der Waals surface area contributed by atoms with Crippen LogP contribution in [0, 0.1) is 6.20 Å². The van der Waals surface area contributed by atoms with E-state index in [-0.39, 0.29) is 0 Å². The molecule has 0 unspecified atom stereocenters. The van der Waals surface area contributed by atoms with Gasteiger partial charge in [0.1, 0.15) is 12.0 Å². The van der Waals surface area contributed by atoms with Crippen LogP contribution >= 0.6 is 0 Å². The Morgan fingerprint density at radius 1 is 1.45 bits per heavy atom. The second-order valence-electron chi connectivity index (χ2n) is 2.05. The smallest absolute Gasteiger partial charge is 0.181 e. The van der Waals surface area contributed by atoms with E-state index in [9.17, 15) is 0 Å². The van der Waals surface area contributed by atoms with Gasteiger partial charge in [0, 0.05) is 11.8 Å². The first kappa shape index (κ1) is 6.09. The van der Waals surface area contributed by atoms with Gasteiger partial charge in [0.25, 0.3) is 0 Å². The predicted molar refractivity (Wildman–Crippen MR) is 38.6 cm³/mol. The van der Waals surface area contributed by atoms with Crippen LogP contribution in [0.25, 0.3) is 11.3 Å². The Bertz CT molecular complexity index is 315. The van der Waals surface area contributed by atoms with E-state index in [1.54, 1.807) is 18.5 Å². The summed E-state index contributed by atoms with van der Waals surface area (Å²) < 4.78 is 4.82. The molecule has 0 aliphatic carbocycles. The minimum absolute atomic E-state index is 0.809. The highest BCUT2D eigenvalue weighted by atomic mass is 16.3. The van der Waals surface area contributed by atoms with Gasteiger partial charge in [0.2, 0.25) is 0 Å². The number of oxazole rings is 1. The van der Waals surface area contributed by atoms with Crippen molar-refractivity contribution in [2.75, 3.05) is 0 Å². The van der Waals surface area contributed by atoms with E-state index >= 15 is 0 Å². The summed E-state index contributed by atoms with van der Waals surface area (Å²) in [5, 5.41) is 0. The fourth-order valence-corrected chi connectivity index (χ4v) is 0.830. The van der Waals surface area contributed by atoms with Gasteiger partial charge in [-0.05, 0) is 12.1 Å². The fraction of sp³-hybridized carbons (Fsp3) is 0. The minimum atomic E-state index is 0.809. The molecule has 1 radical (unpaired) electrons. The Kier molecular flexibility index (Phi) is 1.41. The topological polar surface area (TPSA) is 38.9 Å². The van der Waals surface area contributed by atoms with E-state index in [4.69, 9.17) is 4.42 Å². The van der Waals surface area contributed by atoms with Crippen molar-refractivity contribution in [3.05, 3.63) is 37.2 Å². The summed E-state index contributed by atoms with van der Waals surface area (Å²) in [5.41, 5.74) is 1.78. The molecule has 2 heterocycles. The van der Waals surface area contributed by atoms with Crippen molar-refractivity contribution >= 4 is 0 Å². The van der Waals surface area contributed by atoms with Crippen molar-refractivity contribution in [2.24, 2.45) is 0 Å². The first-order valence-corrected chi connectivity index (χ1v) is 3.17. The van der Waals surface area contributed by atoms with Crippen LogP contribution in [-0.4, -0.2) is 9.97 Å². The molecule has 0 aliphatic rings. The standard InChI is InChI=1S/C8H5N2O/c1-3-9-4-2-7(1)8-5-11-6-10-8/h1-3,5-6H. The van der Waals surface area contributed by atoms with E-state index < -0.39 is 0 Å². The van der Waals surface area contributed by atoms with Crippen LogP contribution in [-0.2, 0) is 0 Å². The van der Waals surface area contributed by atoms with Gasteiger partial charge < -0.3 is 4.42 Å². The van der Waals surface area contributed by atoms with Crippen LogP contribution in [0.15, 0.2) is 35.4 Å². The van der Waals surface area contributed by atoms with Crippen LogP contribution in [0.4, 0.5) is 0 Å². The molecule has 0 spiro atoms. The van der Waals surface area contributed by atoms with E-state index in [1.807, 2.05) is 6.07 Å². The van der Waals surface area contributed by atoms with Crippen LogP contribution in [0.1, 0.15) is 0 Å². The molecule has 0 atom stereocenters. The van der Waals surface area contributed by atoms with E-state index in [0.29, 0.717) is 0 Å². The van der Waals surface area contributed by atoms with E-state index in [1.165, 1.54) is 6.39 Å². The lowest BCUT2D eigenvalue weighted by atomic mass is 10.2. The highest BCUT2D eigenvalue weighted by molar-refractivity contribution is 5.55. The summed E-state index contributed by atoms with van der Waals surface area (Å²) in [6.45, 7) is 0. The average molecular weight is 145 g/mol. The van der Waals surface area contributed by atoms with Crippen molar-refractivity contribution in [1.29, 1.82) is 0 Å². The zero-order valence-electron chi connectivity index (χ0n) is 5.69. The molecular weight excluding hydrogens is 140 g/mol. The lowest BCUT2D eigenvalue weighted by Crippen LogP contribution is -1.76. The number of aromatic nitrogens is 2. The van der Waals surface area contributed by atoms with E-state index in [2.05, 4.69) is 16.2 Å². The molecule has 3 heteroatoms. The summed E-state index contributed by atoms with van der Waals surface area (Å²) in [4.78, 5) is 7.74. The SMILES string of the molecule is [c]1cc(-c2cocn2)ccn1. The van der Waals surface area contributed by atoms with Gasteiger partial charge in [0.15, 0.2) is 6.39 Å². The molecule has 2 aromatic rings. The largest absolute Gasteiger partial charge is 0.451 e. The minimum Gasteiger partial charge on any atom is -0.451 e. The second kappa shape index (κ2) is 2.54. The van der Waals surface area contributed by atoms with Crippen LogP contribution in [0.2, 0.25) is 0 Å². The normalized spacial score (nSPS) is 9.82. The number of pyridine rings is 1. The van der Waals surface area contributed by atoms with Crippen LogP contribution < -0.4 is 0 Å². The number of rotatable bonds is 1. The summed E-state index contributed by atoms with van der Waals surface area (Å²) >= 11 is 0. The molecule has 0 saturated carbocycles. The molecule has 2 rings (SSSR count). The van der Waals surface area contributed by atoms with Gasteiger partial charge in [-0.15, -0.1) is 0 Å². The highest BCUT2D eigenvalue weighted by Crippen LogP contribution is 2.13. The lowest BCUT2D eigenvalue weighted by molar-refractivity contribution is 0.558. The summed E-state index contributed by atoms with van der Waals surface area (Å²) in [5.74, 6) is 0. The molecule has 3 nitrogen and oxygen atoms in total. The average Bonchev–Trinajstić information content (AvgIpc) is 2.58. The van der Waals surface area contributed by atoms with Crippen molar-refractivity contribution in [2.45, 2.75) is 0 Å². The predicted octanol–water partition coefficient (Wildman–Crippen LogP) is 1.54. The van der Waals surface area contributed by atoms with Crippen LogP contribution in [0.5, 0.6) is 0 Å². The molecule has 0 amide bonds. The molecule has 0 aliphatic heterocycles. The number of hydrogen-bond acceptors (Lipinski definition) is 3. The maximum atomic E-state index is 4.82. The van der Waals surface area contributed by atoms with Crippen LogP contribution in [0.3, 0.4) is 0 Å². The molecule has 11 heavy (non-hydrogen) atoms. The van der Waals surface area contributed by atoms with Crippen molar-refractivity contribution in [1.82, 2.24) is 9.97 Å². The summed E-state index contributed by atoms with van der Waals surface area (Å²) in [6.07, 6.45) is 7.37. The quantitative estimate of drug-likeness (QED) is 0.610. The molecule has 53 valence electrons. The third kappa shape index (κ3) is 1.12. The van der Waals surface area contributed by atoms with Gasteiger partial charge in [-0.2, -0.15) is 0 Å². The third-order valence-electron chi connectivity index (χ3n) is 1.35. The molecule has 0 N–H and O–H groups in total. The van der Waals surface area contributed by atoms with Crippen molar-refractivity contribution in [3.63, 3.8) is 0 Å². The first-order chi connectivity index (χ1) is 5.47. The van der Waals surface area contributed by atoms with Gasteiger partial charge >= 0.3 is 0 Å². The Morgan fingerprint density at radius 2 is 2.45 bits per heavy atom.